The smallest absolute Gasteiger partial charge is 0.398 e. The Hall–Kier alpha value is -1.70. The van der Waals surface area contributed by atoms with Gasteiger partial charge in [0.15, 0.2) is 0 Å². The maximum Gasteiger partial charge on any atom is 0.573 e. The Morgan fingerprint density at radius 1 is 1.47 bits per heavy atom. The van der Waals surface area contributed by atoms with Crippen molar-refractivity contribution in [3.8, 4) is 5.75 Å². The summed E-state index contributed by atoms with van der Waals surface area (Å²) >= 11 is 0. The normalized spacial score (nSPS) is 11.5. The van der Waals surface area contributed by atoms with E-state index >= 15 is 0 Å². The minimum Gasteiger partial charge on any atom is -0.398 e. The molecule has 8 heteroatoms. The summed E-state index contributed by atoms with van der Waals surface area (Å²) in [5, 5.41) is 0. The van der Waals surface area contributed by atoms with Gasteiger partial charge in [-0.3, -0.25) is 4.79 Å². The molecule has 0 fully saturated rings. The van der Waals surface area contributed by atoms with Crippen LogP contribution in [0.3, 0.4) is 0 Å². The number of halogens is 3. The van der Waals surface area contributed by atoms with Crippen LogP contribution in [0.4, 0.5) is 18.9 Å². The van der Waals surface area contributed by atoms with E-state index in [1.54, 1.807) is 0 Å². The van der Waals surface area contributed by atoms with Gasteiger partial charge in [0.1, 0.15) is 0 Å². The lowest BCUT2D eigenvalue weighted by molar-refractivity contribution is -0.274. The van der Waals surface area contributed by atoms with Gasteiger partial charge < -0.3 is 21.2 Å². The van der Waals surface area contributed by atoms with Gasteiger partial charge in [0, 0.05) is 18.3 Å². The zero-order chi connectivity index (χ0) is 11.6. The summed E-state index contributed by atoms with van der Waals surface area (Å²) in [4.78, 5) is 13.0. The zero-order valence-electron chi connectivity index (χ0n) is 7.39. The number of pyridine rings is 1. The summed E-state index contributed by atoms with van der Waals surface area (Å²) < 4.78 is 39.1. The average Bonchev–Trinajstić information content (AvgIpc) is 2.11. The predicted molar refractivity (Wildman–Crippen MR) is 46.0 cm³/mol. The lowest BCUT2D eigenvalue weighted by atomic mass is 10.2. The van der Waals surface area contributed by atoms with Crippen molar-refractivity contribution in [2.24, 2.45) is 5.73 Å². The number of ether oxygens (including phenoxy) is 1. The maximum absolute atomic E-state index is 11.9. The van der Waals surface area contributed by atoms with E-state index in [4.69, 9.17) is 11.5 Å². The molecule has 0 saturated carbocycles. The third-order valence-electron chi connectivity index (χ3n) is 1.61. The molecule has 84 valence electrons. The number of H-pyrrole nitrogens is 1. The second-order valence-corrected chi connectivity index (χ2v) is 2.64. The maximum atomic E-state index is 11.9. The van der Waals surface area contributed by atoms with Gasteiger partial charge in [0.05, 0.1) is 5.69 Å². The van der Waals surface area contributed by atoms with Crippen molar-refractivity contribution >= 4 is 5.69 Å². The molecule has 0 atom stereocenters. The van der Waals surface area contributed by atoms with Gasteiger partial charge in [-0.1, -0.05) is 0 Å². The zero-order valence-corrected chi connectivity index (χ0v) is 7.39. The summed E-state index contributed by atoms with van der Waals surface area (Å²) in [6.07, 6.45) is -3.82. The van der Waals surface area contributed by atoms with Gasteiger partial charge in [-0.2, -0.15) is 0 Å². The lowest BCUT2D eigenvalue weighted by Crippen LogP contribution is -2.24. The van der Waals surface area contributed by atoms with Gasteiger partial charge in [-0.15, -0.1) is 13.2 Å². The summed E-state index contributed by atoms with van der Waals surface area (Å²) in [5.41, 5.74) is 9.19. The SMILES string of the molecule is NCc1c[nH]c(=O)c(OC(F)(F)F)c1N. The Balaban J connectivity index is 3.22. The highest BCUT2D eigenvalue weighted by Gasteiger charge is 2.33. The molecule has 1 heterocycles. The molecular weight excluding hydrogens is 215 g/mol. The van der Waals surface area contributed by atoms with Gasteiger partial charge >= 0.3 is 6.36 Å². The van der Waals surface area contributed by atoms with E-state index in [0.29, 0.717) is 0 Å². The fourth-order valence-electron chi connectivity index (χ4n) is 0.950. The molecule has 0 unspecified atom stereocenters. The summed E-state index contributed by atoms with van der Waals surface area (Å²) in [7, 11) is 0. The van der Waals surface area contributed by atoms with Gasteiger partial charge in [-0.05, 0) is 0 Å². The summed E-state index contributed by atoms with van der Waals surface area (Å²) in [6, 6.07) is 0. The van der Waals surface area contributed by atoms with Crippen LogP contribution in [0.5, 0.6) is 5.75 Å². The molecule has 1 aromatic heterocycles. The average molecular weight is 223 g/mol. The molecule has 0 amide bonds. The first-order valence-corrected chi connectivity index (χ1v) is 3.81. The van der Waals surface area contributed by atoms with Crippen molar-refractivity contribution < 1.29 is 17.9 Å². The second kappa shape index (κ2) is 3.81. The molecule has 15 heavy (non-hydrogen) atoms. The number of nitrogen functional groups attached to an aromatic ring is 1. The minimum atomic E-state index is -4.96. The molecule has 1 aromatic rings. The van der Waals surface area contributed by atoms with Crippen LogP contribution >= 0.6 is 0 Å². The van der Waals surface area contributed by atoms with Crippen LogP contribution in [-0.2, 0) is 6.54 Å². The number of hydrogen-bond donors (Lipinski definition) is 3. The monoisotopic (exact) mass is 223 g/mol. The van der Waals surface area contributed by atoms with E-state index in [9.17, 15) is 18.0 Å². The highest BCUT2D eigenvalue weighted by atomic mass is 19.4. The van der Waals surface area contributed by atoms with Crippen molar-refractivity contribution in [1.82, 2.24) is 4.98 Å². The summed E-state index contributed by atoms with van der Waals surface area (Å²) in [6.45, 7) is -0.100. The molecule has 5 nitrogen and oxygen atoms in total. The van der Waals surface area contributed by atoms with E-state index in [-0.39, 0.29) is 12.1 Å². The highest BCUT2D eigenvalue weighted by Crippen LogP contribution is 2.26. The van der Waals surface area contributed by atoms with Crippen LogP contribution in [0.2, 0.25) is 0 Å². The van der Waals surface area contributed by atoms with Crippen LogP contribution in [0, 0.1) is 0 Å². The van der Waals surface area contributed by atoms with Crippen LogP contribution in [0.1, 0.15) is 5.56 Å². The summed E-state index contributed by atoms with van der Waals surface area (Å²) in [5.74, 6) is -0.981. The Morgan fingerprint density at radius 3 is 2.53 bits per heavy atom. The van der Waals surface area contributed by atoms with Gasteiger partial charge in [0.25, 0.3) is 5.56 Å². The van der Waals surface area contributed by atoms with Crippen molar-refractivity contribution in [1.29, 1.82) is 0 Å². The fraction of sp³-hybridized carbons (Fsp3) is 0.286. The first-order valence-electron chi connectivity index (χ1n) is 3.81. The third kappa shape index (κ3) is 2.62. The predicted octanol–water partition coefficient (Wildman–Crippen LogP) is 0.314. The number of anilines is 1. The first kappa shape index (κ1) is 11.4. The molecule has 0 aliphatic heterocycles. The quantitative estimate of drug-likeness (QED) is 0.672. The minimum absolute atomic E-state index is 0.100. The van der Waals surface area contributed by atoms with E-state index in [0.717, 1.165) is 6.20 Å². The molecule has 0 saturated heterocycles. The molecule has 0 bridgehead atoms. The van der Waals surface area contributed by atoms with E-state index in [2.05, 4.69) is 4.74 Å². The molecule has 0 aromatic carbocycles. The lowest BCUT2D eigenvalue weighted by Gasteiger charge is -2.11. The highest BCUT2D eigenvalue weighted by molar-refractivity contribution is 5.56. The van der Waals surface area contributed by atoms with Crippen molar-refractivity contribution in [3.05, 3.63) is 22.1 Å². The molecule has 0 spiro atoms. The van der Waals surface area contributed by atoms with Crippen LogP contribution in [-0.4, -0.2) is 11.3 Å². The van der Waals surface area contributed by atoms with E-state index < -0.39 is 23.4 Å². The topological polar surface area (TPSA) is 94.1 Å². The van der Waals surface area contributed by atoms with Crippen molar-refractivity contribution in [2.75, 3.05) is 5.73 Å². The van der Waals surface area contributed by atoms with E-state index in [1.165, 1.54) is 0 Å². The molecule has 5 N–H and O–H groups in total. The van der Waals surface area contributed by atoms with Crippen LogP contribution in [0.15, 0.2) is 11.0 Å². The largest absolute Gasteiger partial charge is 0.573 e. The Bertz CT molecular complexity index is 413. The number of nitrogens with two attached hydrogens (primary N) is 2. The first-order chi connectivity index (χ1) is 6.85. The van der Waals surface area contributed by atoms with Gasteiger partial charge in [0.2, 0.25) is 5.75 Å². The standard InChI is InChI=1S/C7H8F3N3O2/c8-7(9,10)15-5-4(12)3(1-11)2-13-6(5)14/h2H,1,11H2,(H3,12,13,14). The van der Waals surface area contributed by atoms with Crippen LogP contribution in [0.25, 0.3) is 0 Å². The number of hydrogen-bond acceptors (Lipinski definition) is 4. The molecular formula is C7H8F3N3O2. The molecule has 0 radical (unpaired) electrons. The third-order valence-corrected chi connectivity index (χ3v) is 1.61. The fourth-order valence-corrected chi connectivity index (χ4v) is 0.950. The van der Waals surface area contributed by atoms with Crippen molar-refractivity contribution in [2.45, 2.75) is 12.9 Å². The number of alkyl halides is 3. The van der Waals surface area contributed by atoms with E-state index in [1.807, 2.05) is 4.98 Å². The molecule has 0 aliphatic rings. The number of nitrogens with one attached hydrogen (secondary N) is 1. The number of rotatable bonds is 2. The van der Waals surface area contributed by atoms with Crippen molar-refractivity contribution in [3.63, 3.8) is 0 Å². The second-order valence-electron chi connectivity index (χ2n) is 2.64. The Morgan fingerprint density at radius 2 is 2.07 bits per heavy atom. The van der Waals surface area contributed by atoms with Crippen LogP contribution < -0.4 is 21.8 Å². The number of aromatic amines is 1. The van der Waals surface area contributed by atoms with Gasteiger partial charge in [-0.25, -0.2) is 0 Å². The molecule has 1 rings (SSSR count). The molecule has 0 aliphatic carbocycles. The number of aromatic nitrogens is 1. The Kier molecular flexibility index (Phi) is 2.89. The Labute approximate surface area is 81.8 Å².